The largest absolute Gasteiger partial charge is 0.352 e. The highest BCUT2D eigenvalue weighted by atomic mass is 35.5. The van der Waals surface area contributed by atoms with E-state index in [2.05, 4.69) is 49.7 Å². The van der Waals surface area contributed by atoms with Gasteiger partial charge in [-0.15, -0.1) is 5.10 Å². The van der Waals surface area contributed by atoms with Gasteiger partial charge in [-0.3, -0.25) is 14.8 Å². The number of rotatable bonds is 5. The number of carbonyl (C=O) groups excluding carboxylic acids is 1. The van der Waals surface area contributed by atoms with E-state index in [9.17, 15) is 4.79 Å². The van der Waals surface area contributed by atoms with Crippen LogP contribution in [0.4, 0.5) is 0 Å². The van der Waals surface area contributed by atoms with Crippen molar-refractivity contribution >= 4 is 17.5 Å². The van der Waals surface area contributed by atoms with Crippen LogP contribution < -0.4 is 5.32 Å². The van der Waals surface area contributed by atoms with Gasteiger partial charge in [0.2, 0.25) is 11.2 Å². The molecule has 6 nitrogen and oxygen atoms in total. The second kappa shape index (κ2) is 7.76. The fourth-order valence-corrected chi connectivity index (χ4v) is 4.31. The number of hydrogen-bond acceptors (Lipinski definition) is 4. The first-order valence-corrected chi connectivity index (χ1v) is 9.72. The van der Waals surface area contributed by atoms with Gasteiger partial charge >= 0.3 is 0 Å². The van der Waals surface area contributed by atoms with Gasteiger partial charge in [0.15, 0.2) is 0 Å². The van der Waals surface area contributed by atoms with Gasteiger partial charge in [0.05, 0.1) is 0 Å². The zero-order valence-corrected chi connectivity index (χ0v) is 15.5. The lowest BCUT2D eigenvalue weighted by Gasteiger charge is -2.37. The average molecular weight is 374 g/mol. The summed E-state index contributed by atoms with van der Waals surface area (Å²) < 4.78 is 0. The Hall–Kier alpha value is -1.92. The van der Waals surface area contributed by atoms with Crippen LogP contribution in [0.5, 0.6) is 0 Å². The summed E-state index contributed by atoms with van der Waals surface area (Å²) in [6.45, 7) is 2.07. The van der Waals surface area contributed by atoms with E-state index in [4.69, 9.17) is 11.6 Å². The number of aromatic amines is 1. The Balaban J connectivity index is 1.26. The van der Waals surface area contributed by atoms with Crippen LogP contribution in [-0.2, 0) is 24.1 Å². The van der Waals surface area contributed by atoms with Gasteiger partial charge in [0.25, 0.3) is 0 Å². The van der Waals surface area contributed by atoms with E-state index in [0.717, 1.165) is 38.8 Å². The van der Waals surface area contributed by atoms with Crippen molar-refractivity contribution in [1.82, 2.24) is 25.4 Å². The highest BCUT2D eigenvalue weighted by Gasteiger charge is 2.30. The number of aromatic nitrogens is 3. The number of aryl methyl sites for hydroxylation is 1. The molecule has 2 aromatic rings. The molecule has 0 spiro atoms. The zero-order valence-electron chi connectivity index (χ0n) is 14.7. The van der Waals surface area contributed by atoms with Gasteiger partial charge in [-0.2, -0.15) is 0 Å². The summed E-state index contributed by atoms with van der Waals surface area (Å²) in [5, 5.41) is 9.90. The number of likely N-dealkylation sites (tertiary alicyclic amines) is 1. The molecule has 26 heavy (non-hydrogen) atoms. The van der Waals surface area contributed by atoms with Gasteiger partial charge in [-0.25, -0.2) is 4.98 Å². The van der Waals surface area contributed by atoms with Crippen molar-refractivity contribution in [2.45, 2.75) is 50.6 Å². The predicted molar refractivity (Wildman–Crippen MR) is 100 cm³/mol. The van der Waals surface area contributed by atoms with Crippen molar-refractivity contribution in [3.63, 3.8) is 0 Å². The van der Waals surface area contributed by atoms with Gasteiger partial charge in [0, 0.05) is 31.5 Å². The van der Waals surface area contributed by atoms with Crippen molar-refractivity contribution in [2.75, 3.05) is 13.1 Å². The lowest BCUT2D eigenvalue weighted by atomic mass is 10.0. The van der Waals surface area contributed by atoms with E-state index in [1.54, 1.807) is 0 Å². The highest BCUT2D eigenvalue weighted by Crippen LogP contribution is 2.27. The SMILES string of the molecule is O=C(CCc1nc(Cl)n[nH]1)N[C@@H]1CCCN(C2Cc3ccccc3C2)C1. The highest BCUT2D eigenvalue weighted by molar-refractivity contribution is 6.28. The lowest BCUT2D eigenvalue weighted by Crippen LogP contribution is -2.51. The summed E-state index contributed by atoms with van der Waals surface area (Å²) in [7, 11) is 0. The van der Waals surface area contributed by atoms with Crippen molar-refractivity contribution in [3.8, 4) is 0 Å². The monoisotopic (exact) mass is 373 g/mol. The van der Waals surface area contributed by atoms with Crippen LogP contribution in [0.15, 0.2) is 24.3 Å². The fourth-order valence-electron chi connectivity index (χ4n) is 4.17. The molecule has 138 valence electrons. The summed E-state index contributed by atoms with van der Waals surface area (Å²) in [5.74, 6) is 0.721. The molecule has 2 aliphatic rings. The topological polar surface area (TPSA) is 73.9 Å². The van der Waals surface area contributed by atoms with Crippen LogP contribution in [0.25, 0.3) is 0 Å². The summed E-state index contributed by atoms with van der Waals surface area (Å²) >= 11 is 5.68. The first kappa shape index (κ1) is 17.5. The van der Waals surface area contributed by atoms with Crippen LogP contribution in [0.3, 0.4) is 0 Å². The summed E-state index contributed by atoms with van der Waals surface area (Å²) in [5.41, 5.74) is 2.96. The standard InChI is InChI=1S/C19H24ClN5O/c20-19-22-17(23-24-19)7-8-18(26)21-15-6-3-9-25(12-15)16-10-13-4-1-2-5-14(13)11-16/h1-2,4-5,15-16H,3,6-12H2,(H,21,26)(H,22,23,24)/t15-/m1/s1. The summed E-state index contributed by atoms with van der Waals surface area (Å²) in [4.78, 5) is 18.9. The number of hydrogen-bond donors (Lipinski definition) is 2. The van der Waals surface area contributed by atoms with Crippen LogP contribution in [-0.4, -0.2) is 51.2 Å². The van der Waals surface area contributed by atoms with Gasteiger partial charge in [-0.1, -0.05) is 24.3 Å². The third kappa shape index (κ3) is 4.07. The molecule has 1 fully saturated rings. The van der Waals surface area contributed by atoms with Crippen molar-refractivity contribution in [3.05, 3.63) is 46.5 Å². The zero-order chi connectivity index (χ0) is 17.9. The van der Waals surface area contributed by atoms with E-state index < -0.39 is 0 Å². The van der Waals surface area contributed by atoms with Gasteiger partial charge in [-0.05, 0) is 55.0 Å². The van der Waals surface area contributed by atoms with Gasteiger partial charge in [0.1, 0.15) is 5.82 Å². The molecule has 2 N–H and O–H groups in total. The molecule has 1 aliphatic carbocycles. The Morgan fingerprint density at radius 3 is 2.77 bits per heavy atom. The number of H-pyrrole nitrogens is 1. The number of nitrogens with zero attached hydrogens (tertiary/aromatic N) is 3. The number of benzene rings is 1. The first-order valence-electron chi connectivity index (χ1n) is 9.34. The number of carbonyl (C=O) groups is 1. The first-order chi connectivity index (χ1) is 12.7. The Labute approximate surface area is 158 Å². The van der Waals surface area contributed by atoms with Crippen molar-refractivity contribution in [1.29, 1.82) is 0 Å². The Morgan fingerprint density at radius 1 is 1.31 bits per heavy atom. The fraction of sp³-hybridized carbons (Fsp3) is 0.526. The normalized spacial score (nSPS) is 20.9. The van der Waals surface area contributed by atoms with E-state index in [1.165, 1.54) is 11.1 Å². The summed E-state index contributed by atoms with van der Waals surface area (Å²) in [6.07, 6.45) is 5.37. The number of amides is 1. The Bertz CT molecular complexity index is 752. The van der Waals surface area contributed by atoms with Crippen molar-refractivity contribution in [2.24, 2.45) is 0 Å². The van der Waals surface area contributed by atoms with E-state index in [0.29, 0.717) is 24.7 Å². The molecular weight excluding hydrogens is 350 g/mol. The van der Waals surface area contributed by atoms with E-state index in [-0.39, 0.29) is 17.2 Å². The van der Waals surface area contributed by atoms with Crippen LogP contribution in [0.1, 0.15) is 36.2 Å². The molecule has 0 radical (unpaired) electrons. The quantitative estimate of drug-likeness (QED) is 0.842. The average Bonchev–Trinajstić information content (AvgIpc) is 3.26. The minimum absolute atomic E-state index is 0.0686. The van der Waals surface area contributed by atoms with Gasteiger partial charge < -0.3 is 5.32 Å². The number of fused-ring (bicyclic) bond motifs is 1. The molecular formula is C19H24ClN5O. The number of piperidine rings is 1. The van der Waals surface area contributed by atoms with Crippen molar-refractivity contribution < 1.29 is 4.79 Å². The predicted octanol–water partition coefficient (Wildman–Crippen LogP) is 2.14. The molecule has 0 saturated carbocycles. The van der Waals surface area contributed by atoms with E-state index >= 15 is 0 Å². The molecule has 1 amide bonds. The molecule has 1 atom stereocenters. The molecule has 7 heteroatoms. The maximum Gasteiger partial charge on any atom is 0.242 e. The Kier molecular flexibility index (Phi) is 5.22. The molecule has 1 saturated heterocycles. The molecule has 2 heterocycles. The third-order valence-corrected chi connectivity index (χ3v) is 5.63. The minimum atomic E-state index is 0.0686. The smallest absolute Gasteiger partial charge is 0.242 e. The third-order valence-electron chi connectivity index (χ3n) is 5.46. The molecule has 1 aromatic heterocycles. The molecule has 1 aliphatic heterocycles. The maximum absolute atomic E-state index is 12.3. The second-order valence-electron chi connectivity index (χ2n) is 7.28. The number of halogens is 1. The second-order valence-corrected chi connectivity index (χ2v) is 7.62. The van der Waals surface area contributed by atoms with Crippen LogP contribution >= 0.6 is 11.6 Å². The molecule has 0 unspecified atom stereocenters. The van der Waals surface area contributed by atoms with Crippen LogP contribution in [0, 0.1) is 0 Å². The molecule has 1 aromatic carbocycles. The molecule has 4 rings (SSSR count). The maximum atomic E-state index is 12.3. The lowest BCUT2D eigenvalue weighted by molar-refractivity contribution is -0.122. The van der Waals surface area contributed by atoms with E-state index in [1.807, 2.05) is 0 Å². The summed E-state index contributed by atoms with van der Waals surface area (Å²) in [6, 6.07) is 9.55. The number of nitrogens with one attached hydrogen (secondary N) is 2. The Morgan fingerprint density at radius 2 is 2.08 bits per heavy atom. The van der Waals surface area contributed by atoms with Crippen LogP contribution in [0.2, 0.25) is 5.28 Å². The minimum Gasteiger partial charge on any atom is -0.352 e. The molecule has 0 bridgehead atoms.